The molecule has 4 heteroatoms. The van der Waals surface area contributed by atoms with E-state index in [1.165, 1.54) is 22.3 Å². The Morgan fingerprint density at radius 3 is 0.932 bits per heavy atom. The largest absolute Gasteiger partial charge is 0.507 e. The van der Waals surface area contributed by atoms with Crippen molar-refractivity contribution < 1.29 is 20.4 Å². The molecule has 1 unspecified atom stereocenters. The minimum atomic E-state index is -0.188. The van der Waals surface area contributed by atoms with Gasteiger partial charge in [0.1, 0.15) is 23.0 Å². The Kier molecular flexibility index (Phi) is 10.5. The van der Waals surface area contributed by atoms with Gasteiger partial charge in [-0.3, -0.25) is 0 Å². The lowest BCUT2D eigenvalue weighted by atomic mass is 9.76. The van der Waals surface area contributed by atoms with Crippen LogP contribution in [0.2, 0.25) is 0 Å². The predicted molar refractivity (Wildman–Crippen MR) is 184 cm³/mol. The van der Waals surface area contributed by atoms with E-state index >= 15 is 0 Å². The average Bonchev–Trinajstić information content (AvgIpc) is 2.95. The van der Waals surface area contributed by atoms with Gasteiger partial charge in [0, 0.05) is 11.3 Å². The van der Waals surface area contributed by atoms with Crippen LogP contribution in [0.15, 0.2) is 48.5 Å². The Labute approximate surface area is 265 Å². The maximum Gasteiger partial charge on any atom is 0.121 e. The maximum atomic E-state index is 10.1. The van der Waals surface area contributed by atoms with Crippen molar-refractivity contribution in [1.82, 2.24) is 0 Å². The SMILES string of the molecule is CCC(C)C(c1cc(C)c(O)c(C)c1)c1cc(C)c(O)c(C)c1.Cc1cc(C(C)(C)c2cc(C)c(O)c(C)c2)cc(C)c1O. The number of rotatable bonds is 6. The second-order valence-corrected chi connectivity index (χ2v) is 13.4. The van der Waals surface area contributed by atoms with Crippen LogP contribution in [0, 0.1) is 61.3 Å². The molecule has 0 saturated carbocycles. The van der Waals surface area contributed by atoms with Gasteiger partial charge in [-0.05, 0) is 128 Å². The minimum absolute atomic E-state index is 0.188. The third-order valence-electron chi connectivity index (χ3n) is 9.38. The van der Waals surface area contributed by atoms with Gasteiger partial charge in [0.25, 0.3) is 0 Å². The van der Waals surface area contributed by atoms with Crippen molar-refractivity contribution in [2.24, 2.45) is 5.92 Å². The van der Waals surface area contributed by atoms with Crippen LogP contribution in [0.25, 0.3) is 0 Å². The lowest BCUT2D eigenvalue weighted by Gasteiger charge is -2.28. The highest BCUT2D eigenvalue weighted by molar-refractivity contribution is 5.52. The van der Waals surface area contributed by atoms with Crippen molar-refractivity contribution in [2.75, 3.05) is 0 Å². The molecule has 0 radical (unpaired) electrons. The van der Waals surface area contributed by atoms with Crippen molar-refractivity contribution in [1.29, 1.82) is 0 Å². The fourth-order valence-corrected chi connectivity index (χ4v) is 6.22. The molecule has 0 aliphatic heterocycles. The first-order valence-electron chi connectivity index (χ1n) is 15.6. The van der Waals surface area contributed by atoms with Gasteiger partial charge >= 0.3 is 0 Å². The molecule has 0 aromatic heterocycles. The van der Waals surface area contributed by atoms with Crippen LogP contribution in [0.5, 0.6) is 23.0 Å². The molecule has 4 nitrogen and oxygen atoms in total. The fourth-order valence-electron chi connectivity index (χ4n) is 6.22. The van der Waals surface area contributed by atoms with Crippen LogP contribution >= 0.6 is 0 Å². The standard InChI is InChI=1S/C21H28O2.C19H24O2/c1-7-12(2)19(17-8-13(3)20(22)14(4)9-17)18-10-15(5)21(23)16(6)11-18;1-11-7-15(8-12(2)17(11)20)19(5,6)16-9-13(3)18(21)14(4)10-16/h8-12,19,22-23H,7H2,1-6H3;7-10,20-21H,1-6H3. The summed E-state index contributed by atoms with van der Waals surface area (Å²) in [5, 5.41) is 40.1. The number of aryl methyl sites for hydroxylation is 8. The first kappa shape index (κ1) is 34.6. The zero-order chi connectivity index (χ0) is 33.3. The fraction of sp³-hybridized carbons (Fsp3) is 0.400. The topological polar surface area (TPSA) is 80.9 Å². The number of phenols is 4. The van der Waals surface area contributed by atoms with Gasteiger partial charge in [-0.1, -0.05) is 82.6 Å². The highest BCUT2D eigenvalue weighted by Gasteiger charge is 2.26. The molecule has 44 heavy (non-hydrogen) atoms. The van der Waals surface area contributed by atoms with Crippen LogP contribution in [-0.4, -0.2) is 20.4 Å². The van der Waals surface area contributed by atoms with Crippen molar-refractivity contribution in [3.05, 3.63) is 115 Å². The Balaban J connectivity index is 0.000000241. The molecule has 0 aliphatic carbocycles. The molecular formula is C40H52O4. The van der Waals surface area contributed by atoms with Gasteiger partial charge in [-0.2, -0.15) is 0 Å². The predicted octanol–water partition coefficient (Wildman–Crippen LogP) is 10.2. The molecule has 236 valence electrons. The Bertz CT molecular complexity index is 1450. The highest BCUT2D eigenvalue weighted by Crippen LogP contribution is 2.40. The molecule has 4 aromatic carbocycles. The number of hydrogen-bond donors (Lipinski definition) is 4. The number of hydrogen-bond acceptors (Lipinski definition) is 4. The summed E-state index contributed by atoms with van der Waals surface area (Å²) in [7, 11) is 0. The highest BCUT2D eigenvalue weighted by atomic mass is 16.3. The summed E-state index contributed by atoms with van der Waals surface area (Å²) in [5.74, 6) is 2.24. The zero-order valence-corrected chi connectivity index (χ0v) is 28.8. The van der Waals surface area contributed by atoms with E-state index in [1.54, 1.807) is 0 Å². The molecule has 4 rings (SSSR count). The van der Waals surface area contributed by atoms with Gasteiger partial charge < -0.3 is 20.4 Å². The quantitative estimate of drug-likeness (QED) is 0.179. The van der Waals surface area contributed by atoms with E-state index in [1.807, 2.05) is 79.7 Å². The summed E-state index contributed by atoms with van der Waals surface area (Å²) in [6.07, 6.45) is 1.07. The van der Waals surface area contributed by atoms with Crippen LogP contribution in [-0.2, 0) is 5.41 Å². The van der Waals surface area contributed by atoms with E-state index in [9.17, 15) is 20.4 Å². The molecule has 0 amide bonds. The molecule has 0 saturated heterocycles. The Hall–Kier alpha value is -3.92. The van der Waals surface area contributed by atoms with Gasteiger partial charge in [-0.25, -0.2) is 0 Å². The summed E-state index contributed by atoms with van der Waals surface area (Å²) >= 11 is 0. The second kappa shape index (κ2) is 13.4. The smallest absolute Gasteiger partial charge is 0.121 e. The van der Waals surface area contributed by atoms with E-state index < -0.39 is 0 Å². The lowest BCUT2D eigenvalue weighted by Crippen LogP contribution is -2.19. The summed E-state index contributed by atoms with van der Waals surface area (Å²) in [6.45, 7) is 24.3. The summed E-state index contributed by atoms with van der Waals surface area (Å²) < 4.78 is 0. The van der Waals surface area contributed by atoms with Crippen LogP contribution < -0.4 is 0 Å². The van der Waals surface area contributed by atoms with Crippen molar-refractivity contribution >= 4 is 0 Å². The number of benzene rings is 4. The van der Waals surface area contributed by atoms with Crippen molar-refractivity contribution in [3.8, 4) is 23.0 Å². The molecule has 4 aromatic rings. The molecule has 0 heterocycles. The van der Waals surface area contributed by atoms with Gasteiger partial charge in [0.05, 0.1) is 0 Å². The Morgan fingerprint density at radius 1 is 0.477 bits per heavy atom. The molecule has 0 fully saturated rings. The molecular weight excluding hydrogens is 544 g/mol. The summed E-state index contributed by atoms with van der Waals surface area (Å²) in [4.78, 5) is 0. The zero-order valence-electron chi connectivity index (χ0n) is 28.8. The molecule has 4 N–H and O–H groups in total. The monoisotopic (exact) mass is 596 g/mol. The molecule has 0 bridgehead atoms. The third kappa shape index (κ3) is 7.07. The van der Waals surface area contributed by atoms with E-state index in [0.29, 0.717) is 28.9 Å². The second-order valence-electron chi connectivity index (χ2n) is 13.4. The number of phenolic OH excluding ortho intramolecular Hbond substituents is 4. The van der Waals surface area contributed by atoms with E-state index in [2.05, 4.69) is 52.0 Å². The van der Waals surface area contributed by atoms with E-state index in [0.717, 1.165) is 50.9 Å². The van der Waals surface area contributed by atoms with Crippen molar-refractivity contribution in [3.63, 3.8) is 0 Å². The van der Waals surface area contributed by atoms with E-state index in [4.69, 9.17) is 0 Å². The summed E-state index contributed by atoms with van der Waals surface area (Å²) in [6, 6.07) is 16.5. The normalized spacial score (nSPS) is 12.2. The average molecular weight is 597 g/mol. The molecule has 0 aliphatic rings. The van der Waals surface area contributed by atoms with Crippen LogP contribution in [0.4, 0.5) is 0 Å². The lowest BCUT2D eigenvalue weighted by molar-refractivity contribution is 0.461. The van der Waals surface area contributed by atoms with E-state index in [-0.39, 0.29) is 11.3 Å². The van der Waals surface area contributed by atoms with Gasteiger partial charge in [-0.15, -0.1) is 0 Å². The first-order chi connectivity index (χ1) is 20.4. The van der Waals surface area contributed by atoms with Gasteiger partial charge in [0.2, 0.25) is 0 Å². The Morgan fingerprint density at radius 2 is 0.705 bits per heavy atom. The van der Waals surface area contributed by atoms with Crippen molar-refractivity contribution in [2.45, 2.75) is 101 Å². The molecule has 1 atom stereocenters. The van der Waals surface area contributed by atoms with Gasteiger partial charge in [0.15, 0.2) is 0 Å². The third-order valence-corrected chi connectivity index (χ3v) is 9.38. The minimum Gasteiger partial charge on any atom is -0.507 e. The van der Waals surface area contributed by atoms with Crippen LogP contribution in [0.3, 0.4) is 0 Å². The first-order valence-corrected chi connectivity index (χ1v) is 15.6. The summed E-state index contributed by atoms with van der Waals surface area (Å²) in [5.41, 5.74) is 11.9. The maximum absolute atomic E-state index is 10.1. The number of aromatic hydroxyl groups is 4. The van der Waals surface area contributed by atoms with Crippen LogP contribution in [0.1, 0.15) is 107 Å². The molecule has 0 spiro atoms.